The minimum absolute atomic E-state index is 0.115. The summed E-state index contributed by atoms with van der Waals surface area (Å²) in [4.78, 5) is 12.5. The summed E-state index contributed by atoms with van der Waals surface area (Å²) < 4.78 is 7.38. The van der Waals surface area contributed by atoms with Gasteiger partial charge in [-0.1, -0.05) is 42.1 Å². The van der Waals surface area contributed by atoms with Crippen molar-refractivity contribution >= 4 is 17.7 Å². The third-order valence-electron chi connectivity index (χ3n) is 4.76. The highest BCUT2D eigenvalue weighted by molar-refractivity contribution is 7.99. The SMILES string of the molecule is Cc1cc(CNC(=O)CSc2nnc(-c3ccco3)n2-c2ccccc2)cc(C)c1O. The fraction of sp³-hybridized carbons (Fsp3) is 0.174. The molecule has 0 aliphatic heterocycles. The van der Waals surface area contributed by atoms with Gasteiger partial charge in [0.05, 0.1) is 12.0 Å². The second-order valence-corrected chi connectivity index (χ2v) is 8.04. The lowest BCUT2D eigenvalue weighted by Gasteiger charge is -2.10. The lowest BCUT2D eigenvalue weighted by Crippen LogP contribution is -2.24. The molecule has 158 valence electrons. The van der Waals surface area contributed by atoms with Crippen molar-refractivity contribution in [3.05, 3.63) is 77.6 Å². The Morgan fingerprint density at radius 1 is 1.10 bits per heavy atom. The summed E-state index contributed by atoms with van der Waals surface area (Å²) in [5, 5.41) is 22.0. The van der Waals surface area contributed by atoms with Crippen LogP contribution in [-0.2, 0) is 11.3 Å². The van der Waals surface area contributed by atoms with Gasteiger partial charge in [-0.25, -0.2) is 0 Å². The maximum absolute atomic E-state index is 12.5. The molecule has 31 heavy (non-hydrogen) atoms. The van der Waals surface area contributed by atoms with Crippen LogP contribution in [0.3, 0.4) is 0 Å². The van der Waals surface area contributed by atoms with Gasteiger partial charge in [0.15, 0.2) is 10.9 Å². The number of aromatic hydroxyl groups is 1. The molecule has 2 N–H and O–H groups in total. The van der Waals surface area contributed by atoms with E-state index in [1.54, 1.807) is 12.3 Å². The number of rotatable bonds is 7. The van der Waals surface area contributed by atoms with Crippen LogP contribution < -0.4 is 5.32 Å². The third-order valence-corrected chi connectivity index (χ3v) is 5.69. The monoisotopic (exact) mass is 434 g/mol. The number of para-hydroxylation sites is 1. The zero-order chi connectivity index (χ0) is 21.8. The molecule has 0 saturated heterocycles. The zero-order valence-corrected chi connectivity index (χ0v) is 18.0. The number of hydrogen-bond donors (Lipinski definition) is 2. The van der Waals surface area contributed by atoms with E-state index in [4.69, 9.17) is 4.42 Å². The highest BCUT2D eigenvalue weighted by Crippen LogP contribution is 2.28. The molecule has 7 nitrogen and oxygen atoms in total. The van der Waals surface area contributed by atoms with Gasteiger partial charge in [0.1, 0.15) is 5.75 Å². The van der Waals surface area contributed by atoms with E-state index in [1.165, 1.54) is 11.8 Å². The lowest BCUT2D eigenvalue weighted by atomic mass is 10.1. The van der Waals surface area contributed by atoms with E-state index >= 15 is 0 Å². The number of thioether (sulfide) groups is 1. The van der Waals surface area contributed by atoms with Crippen LogP contribution in [0, 0.1) is 13.8 Å². The first-order valence-electron chi connectivity index (χ1n) is 9.76. The number of nitrogens with one attached hydrogen (secondary N) is 1. The number of nitrogens with zero attached hydrogens (tertiary/aromatic N) is 3. The van der Waals surface area contributed by atoms with E-state index in [0.29, 0.717) is 29.0 Å². The molecule has 0 saturated carbocycles. The molecule has 0 fully saturated rings. The maximum atomic E-state index is 12.5. The van der Waals surface area contributed by atoms with Crippen molar-refractivity contribution in [2.45, 2.75) is 25.5 Å². The smallest absolute Gasteiger partial charge is 0.230 e. The molecule has 0 unspecified atom stereocenters. The van der Waals surface area contributed by atoms with Gasteiger partial charge in [-0.2, -0.15) is 0 Å². The Morgan fingerprint density at radius 3 is 2.52 bits per heavy atom. The van der Waals surface area contributed by atoms with E-state index in [2.05, 4.69) is 15.5 Å². The highest BCUT2D eigenvalue weighted by atomic mass is 32.2. The number of aryl methyl sites for hydroxylation is 2. The minimum Gasteiger partial charge on any atom is -0.507 e. The second-order valence-electron chi connectivity index (χ2n) is 7.10. The summed E-state index contributed by atoms with van der Waals surface area (Å²) in [5.41, 5.74) is 3.41. The molecule has 8 heteroatoms. The average molecular weight is 435 g/mol. The van der Waals surface area contributed by atoms with Gasteiger partial charge < -0.3 is 14.8 Å². The van der Waals surface area contributed by atoms with Gasteiger partial charge >= 0.3 is 0 Å². The van der Waals surface area contributed by atoms with E-state index in [9.17, 15) is 9.90 Å². The van der Waals surface area contributed by atoms with Crippen LogP contribution in [0.5, 0.6) is 5.75 Å². The van der Waals surface area contributed by atoms with Crippen LogP contribution >= 0.6 is 11.8 Å². The molecule has 0 aliphatic rings. The number of benzene rings is 2. The average Bonchev–Trinajstić information content (AvgIpc) is 3.44. The third kappa shape index (κ3) is 4.64. The van der Waals surface area contributed by atoms with Gasteiger partial charge in [0, 0.05) is 12.2 Å². The molecule has 4 rings (SSSR count). The molecule has 4 aromatic rings. The lowest BCUT2D eigenvalue weighted by molar-refractivity contribution is -0.118. The summed E-state index contributed by atoms with van der Waals surface area (Å²) in [6.45, 7) is 4.08. The summed E-state index contributed by atoms with van der Waals surface area (Å²) in [6, 6.07) is 17.1. The largest absolute Gasteiger partial charge is 0.507 e. The normalized spacial score (nSPS) is 10.9. The zero-order valence-electron chi connectivity index (χ0n) is 17.2. The Balaban J connectivity index is 1.47. The van der Waals surface area contributed by atoms with Crippen molar-refractivity contribution in [3.63, 3.8) is 0 Å². The van der Waals surface area contributed by atoms with Gasteiger partial charge in [0.2, 0.25) is 11.7 Å². The van der Waals surface area contributed by atoms with Crippen LogP contribution in [-0.4, -0.2) is 31.5 Å². The maximum Gasteiger partial charge on any atom is 0.230 e. The van der Waals surface area contributed by atoms with E-state index in [1.807, 2.05) is 66.9 Å². The first-order valence-corrected chi connectivity index (χ1v) is 10.7. The van der Waals surface area contributed by atoms with E-state index < -0.39 is 0 Å². The number of carbonyl (C=O) groups excluding carboxylic acids is 1. The van der Waals surface area contributed by atoms with Crippen molar-refractivity contribution in [2.24, 2.45) is 0 Å². The number of aromatic nitrogens is 3. The van der Waals surface area contributed by atoms with Gasteiger partial charge in [0.25, 0.3) is 0 Å². The number of carbonyl (C=O) groups is 1. The molecule has 0 bridgehead atoms. The number of hydrogen-bond acceptors (Lipinski definition) is 6. The molecule has 1 amide bonds. The van der Waals surface area contributed by atoms with Crippen LogP contribution in [0.4, 0.5) is 0 Å². The molecule has 0 atom stereocenters. The standard InChI is InChI=1S/C23H22N4O3S/c1-15-11-17(12-16(2)21(15)29)13-24-20(28)14-31-23-26-25-22(19-9-6-10-30-19)27(23)18-7-4-3-5-8-18/h3-12,29H,13-14H2,1-2H3,(H,24,28). The van der Waals surface area contributed by atoms with Gasteiger partial charge in [-0.15, -0.1) is 10.2 Å². The van der Waals surface area contributed by atoms with Crippen molar-refractivity contribution in [1.29, 1.82) is 0 Å². The van der Waals surface area contributed by atoms with Crippen molar-refractivity contribution in [2.75, 3.05) is 5.75 Å². The molecule has 0 spiro atoms. The van der Waals surface area contributed by atoms with Crippen LogP contribution in [0.25, 0.3) is 17.3 Å². The molecule has 2 aromatic carbocycles. The van der Waals surface area contributed by atoms with E-state index in [0.717, 1.165) is 22.4 Å². The van der Waals surface area contributed by atoms with E-state index in [-0.39, 0.29) is 11.7 Å². The fourth-order valence-electron chi connectivity index (χ4n) is 3.27. The first kappa shape index (κ1) is 20.7. The summed E-state index contributed by atoms with van der Waals surface area (Å²) in [7, 11) is 0. The molecule has 0 aliphatic carbocycles. The van der Waals surface area contributed by atoms with Crippen LogP contribution in [0.15, 0.2) is 70.4 Å². The number of furan rings is 1. The Labute approximate surface area is 184 Å². The molecular formula is C23H22N4O3S. The summed E-state index contributed by atoms with van der Waals surface area (Å²) in [5.74, 6) is 1.55. The van der Waals surface area contributed by atoms with Gasteiger partial charge in [-0.3, -0.25) is 9.36 Å². The predicted molar refractivity (Wildman–Crippen MR) is 119 cm³/mol. The molecule has 0 radical (unpaired) electrons. The highest BCUT2D eigenvalue weighted by Gasteiger charge is 2.18. The Hall–Kier alpha value is -3.52. The summed E-state index contributed by atoms with van der Waals surface area (Å²) >= 11 is 1.31. The topological polar surface area (TPSA) is 93.2 Å². The first-order chi connectivity index (χ1) is 15.0. The van der Waals surface area contributed by atoms with Crippen LogP contribution in [0.1, 0.15) is 16.7 Å². The molecular weight excluding hydrogens is 412 g/mol. The van der Waals surface area contributed by atoms with Crippen molar-refractivity contribution < 1.29 is 14.3 Å². The predicted octanol–water partition coefficient (Wildman–Crippen LogP) is 4.26. The number of amides is 1. The Morgan fingerprint density at radius 2 is 1.84 bits per heavy atom. The Bertz CT molecular complexity index is 1160. The summed E-state index contributed by atoms with van der Waals surface area (Å²) in [6.07, 6.45) is 1.59. The number of phenols is 1. The fourth-order valence-corrected chi connectivity index (χ4v) is 4.05. The quantitative estimate of drug-likeness (QED) is 0.422. The molecule has 2 aromatic heterocycles. The van der Waals surface area contributed by atoms with Crippen molar-refractivity contribution in [3.8, 4) is 23.0 Å². The van der Waals surface area contributed by atoms with Crippen molar-refractivity contribution in [1.82, 2.24) is 20.1 Å². The minimum atomic E-state index is -0.115. The van der Waals surface area contributed by atoms with Crippen LogP contribution in [0.2, 0.25) is 0 Å². The number of phenolic OH excluding ortho intramolecular Hbond substituents is 1. The Kier molecular flexibility index (Phi) is 6.08. The van der Waals surface area contributed by atoms with Gasteiger partial charge in [-0.05, 0) is 54.8 Å². The molecule has 2 heterocycles. The second kappa shape index (κ2) is 9.09.